The number of benzene rings is 2. The van der Waals surface area contributed by atoms with Crippen LogP contribution in [0.15, 0.2) is 73.1 Å². The fourth-order valence-electron chi connectivity index (χ4n) is 3.33. The second kappa shape index (κ2) is 10.8. The molecular weight excluding hydrogens is 478 g/mol. The predicted molar refractivity (Wildman–Crippen MR) is 113 cm³/mol. The number of amides is 1. The number of carbonyl (C=O) groups excluding carboxylic acids is 1. The van der Waals surface area contributed by atoms with Gasteiger partial charge >= 0.3 is 12.4 Å². The zero-order chi connectivity index (χ0) is 25.6. The fourth-order valence-corrected chi connectivity index (χ4v) is 3.33. The van der Waals surface area contributed by atoms with Gasteiger partial charge in [0.1, 0.15) is 5.56 Å². The molecule has 0 fully saturated rings. The molecule has 1 amide bonds. The number of hydrogen-bond donors (Lipinski definition) is 1. The van der Waals surface area contributed by atoms with Crippen molar-refractivity contribution in [1.29, 1.82) is 0 Å². The van der Waals surface area contributed by atoms with E-state index in [4.69, 9.17) is 4.74 Å². The number of hydrogen-bond acceptors (Lipinski definition) is 3. The molecular formula is C24H20F6N2O3. The molecule has 35 heavy (non-hydrogen) atoms. The third kappa shape index (κ3) is 7.44. The summed E-state index contributed by atoms with van der Waals surface area (Å²) in [6.45, 7) is -0.551. The third-order valence-corrected chi connectivity index (χ3v) is 5.05. The molecule has 1 heterocycles. The highest BCUT2D eigenvalue weighted by molar-refractivity contribution is 5.93. The van der Waals surface area contributed by atoms with Crippen LogP contribution in [0.3, 0.4) is 0 Å². The minimum absolute atomic E-state index is 0.0486. The van der Waals surface area contributed by atoms with Crippen molar-refractivity contribution >= 4 is 5.91 Å². The summed E-state index contributed by atoms with van der Waals surface area (Å²) in [7, 11) is 0. The van der Waals surface area contributed by atoms with Crippen LogP contribution >= 0.6 is 0 Å². The first-order valence-electron chi connectivity index (χ1n) is 10.3. The smallest absolute Gasteiger partial charge is 0.416 e. The van der Waals surface area contributed by atoms with Crippen molar-refractivity contribution in [3.8, 4) is 0 Å². The van der Waals surface area contributed by atoms with Crippen molar-refractivity contribution in [3.05, 3.63) is 106 Å². The molecule has 2 aromatic carbocycles. The summed E-state index contributed by atoms with van der Waals surface area (Å²) < 4.78 is 84.4. The Morgan fingerprint density at radius 2 is 1.57 bits per heavy atom. The summed E-state index contributed by atoms with van der Waals surface area (Å²) in [6.07, 6.45) is -7.59. The first kappa shape index (κ1) is 26.0. The monoisotopic (exact) mass is 498 g/mol. The zero-order valence-corrected chi connectivity index (χ0v) is 18.1. The molecule has 5 nitrogen and oxygen atoms in total. The first-order valence-corrected chi connectivity index (χ1v) is 10.3. The second-order valence-corrected chi connectivity index (χ2v) is 7.70. The van der Waals surface area contributed by atoms with Gasteiger partial charge in [-0.25, -0.2) is 0 Å². The van der Waals surface area contributed by atoms with Crippen LogP contribution in [0.2, 0.25) is 0 Å². The fraction of sp³-hybridized carbons (Fsp3) is 0.250. The maximum atomic E-state index is 13.1. The van der Waals surface area contributed by atoms with Gasteiger partial charge in [0.25, 0.3) is 5.91 Å². The summed E-state index contributed by atoms with van der Waals surface area (Å²) in [5.41, 5.74) is -2.27. The molecule has 11 heteroatoms. The van der Waals surface area contributed by atoms with Gasteiger partial charge in [0.2, 0.25) is 0 Å². The van der Waals surface area contributed by atoms with E-state index < -0.39 is 41.9 Å². The van der Waals surface area contributed by atoms with Crippen LogP contribution in [0.1, 0.15) is 38.5 Å². The summed E-state index contributed by atoms with van der Waals surface area (Å²) >= 11 is 0. The number of alkyl halides is 6. The maximum absolute atomic E-state index is 13.1. The number of rotatable bonds is 8. The van der Waals surface area contributed by atoms with Crippen LogP contribution in [-0.4, -0.2) is 19.1 Å². The minimum atomic E-state index is -4.95. The van der Waals surface area contributed by atoms with E-state index in [2.05, 4.69) is 5.32 Å². The van der Waals surface area contributed by atoms with E-state index in [0.29, 0.717) is 16.9 Å². The summed E-state index contributed by atoms with van der Waals surface area (Å²) in [5, 5.41) is 14.0. The number of carbonyl (C=O) groups is 1. The van der Waals surface area contributed by atoms with E-state index in [1.54, 1.807) is 30.3 Å². The standard InChI is InChI=1S/C24H20F6N2O3/c25-23(26,27)20-9-16(10-21(11-20)24(28,29)30)14-35-15-19(17-5-2-1-3-6-17)12-31-22(33)18-7-4-8-32(34)13-18/h1-11,13,19H,12,14-15H2,(H,31,33). The molecule has 0 saturated heterocycles. The first-order chi connectivity index (χ1) is 16.4. The lowest BCUT2D eigenvalue weighted by Gasteiger charge is -2.19. The summed E-state index contributed by atoms with van der Waals surface area (Å²) in [6, 6.07) is 12.9. The lowest BCUT2D eigenvalue weighted by atomic mass is 10.00. The van der Waals surface area contributed by atoms with E-state index >= 15 is 0 Å². The Labute approximate surface area is 196 Å². The number of pyridine rings is 1. The molecule has 0 bridgehead atoms. The maximum Gasteiger partial charge on any atom is 0.416 e. The largest absolute Gasteiger partial charge is 0.619 e. The van der Waals surface area contributed by atoms with E-state index in [-0.39, 0.29) is 30.3 Å². The summed E-state index contributed by atoms with van der Waals surface area (Å²) in [5.74, 6) is -0.986. The number of halogens is 6. The Hall–Kier alpha value is -3.60. The van der Waals surface area contributed by atoms with E-state index in [9.17, 15) is 36.3 Å². The van der Waals surface area contributed by atoms with Gasteiger partial charge in [-0.1, -0.05) is 30.3 Å². The van der Waals surface area contributed by atoms with Crippen molar-refractivity contribution in [3.63, 3.8) is 0 Å². The van der Waals surface area contributed by atoms with Crippen molar-refractivity contribution in [2.45, 2.75) is 24.9 Å². The minimum Gasteiger partial charge on any atom is -0.619 e. The van der Waals surface area contributed by atoms with E-state index in [1.807, 2.05) is 0 Å². The molecule has 0 aliphatic rings. The number of aromatic nitrogens is 1. The van der Waals surface area contributed by atoms with Crippen molar-refractivity contribution in [1.82, 2.24) is 5.32 Å². The normalized spacial score (nSPS) is 12.9. The van der Waals surface area contributed by atoms with Gasteiger partial charge < -0.3 is 15.3 Å². The molecule has 186 valence electrons. The van der Waals surface area contributed by atoms with E-state index in [1.165, 1.54) is 18.3 Å². The highest BCUT2D eigenvalue weighted by Gasteiger charge is 2.36. The average molecular weight is 498 g/mol. The highest BCUT2D eigenvalue weighted by Crippen LogP contribution is 2.36. The van der Waals surface area contributed by atoms with Gasteiger partial charge in [0.15, 0.2) is 12.4 Å². The van der Waals surface area contributed by atoms with Crippen LogP contribution in [0.5, 0.6) is 0 Å². The molecule has 1 aromatic heterocycles. The predicted octanol–water partition coefficient (Wildman–Crippen LogP) is 5.09. The quantitative estimate of drug-likeness (QED) is 0.267. The lowest BCUT2D eigenvalue weighted by Crippen LogP contribution is -2.33. The Morgan fingerprint density at radius 1 is 0.943 bits per heavy atom. The van der Waals surface area contributed by atoms with E-state index in [0.717, 1.165) is 11.8 Å². The van der Waals surface area contributed by atoms with Crippen LogP contribution in [0, 0.1) is 5.21 Å². The van der Waals surface area contributed by atoms with Crippen molar-refractivity contribution in [2.24, 2.45) is 0 Å². The highest BCUT2D eigenvalue weighted by atomic mass is 19.4. The Morgan fingerprint density at radius 3 is 2.14 bits per heavy atom. The van der Waals surface area contributed by atoms with Gasteiger partial charge in [0, 0.05) is 18.5 Å². The topological polar surface area (TPSA) is 65.3 Å². The molecule has 0 saturated carbocycles. The van der Waals surface area contributed by atoms with Gasteiger partial charge in [0.05, 0.1) is 24.3 Å². The zero-order valence-electron chi connectivity index (χ0n) is 18.1. The molecule has 0 spiro atoms. The Kier molecular flexibility index (Phi) is 8.00. The van der Waals surface area contributed by atoms with Crippen LogP contribution in [-0.2, 0) is 23.7 Å². The average Bonchev–Trinajstić information content (AvgIpc) is 2.80. The van der Waals surface area contributed by atoms with Crippen LogP contribution in [0.4, 0.5) is 26.3 Å². The number of nitrogens with one attached hydrogen (secondary N) is 1. The number of nitrogens with zero attached hydrogens (tertiary/aromatic N) is 1. The lowest BCUT2D eigenvalue weighted by molar-refractivity contribution is -0.605. The SMILES string of the molecule is O=C(NCC(COCc1cc(C(F)(F)F)cc(C(F)(F)F)c1)c1ccccc1)c1ccc[n+]([O-])c1. The van der Waals surface area contributed by atoms with Crippen LogP contribution < -0.4 is 10.0 Å². The molecule has 0 aliphatic carbocycles. The molecule has 3 rings (SSSR count). The molecule has 0 aliphatic heterocycles. The van der Waals surface area contributed by atoms with Crippen molar-refractivity contribution < 1.29 is 40.6 Å². The van der Waals surface area contributed by atoms with Crippen LogP contribution in [0.25, 0.3) is 0 Å². The molecule has 3 aromatic rings. The van der Waals surface area contributed by atoms with Gasteiger partial charge in [-0.05, 0) is 35.4 Å². The molecule has 1 unspecified atom stereocenters. The Balaban J connectivity index is 1.72. The number of ether oxygens (including phenoxy) is 1. The Bertz CT molecular complexity index is 1120. The molecule has 1 atom stereocenters. The third-order valence-electron chi connectivity index (χ3n) is 5.05. The summed E-state index contributed by atoms with van der Waals surface area (Å²) in [4.78, 5) is 12.4. The van der Waals surface area contributed by atoms with Gasteiger partial charge in [-0.15, -0.1) is 0 Å². The van der Waals surface area contributed by atoms with Gasteiger partial charge in [-0.3, -0.25) is 4.79 Å². The molecule has 0 radical (unpaired) electrons. The molecule has 1 N–H and O–H groups in total. The van der Waals surface area contributed by atoms with Gasteiger partial charge in [-0.2, -0.15) is 31.1 Å². The van der Waals surface area contributed by atoms with Crippen molar-refractivity contribution in [2.75, 3.05) is 13.2 Å². The second-order valence-electron chi connectivity index (χ2n) is 7.70.